The van der Waals surface area contributed by atoms with E-state index in [4.69, 9.17) is 11.6 Å². The predicted molar refractivity (Wildman–Crippen MR) is 120 cm³/mol. The molecule has 1 fully saturated rings. The van der Waals surface area contributed by atoms with Crippen molar-refractivity contribution in [1.82, 2.24) is 4.98 Å². The number of halogens is 1. The Kier molecular flexibility index (Phi) is 6.18. The van der Waals surface area contributed by atoms with Crippen LogP contribution in [0.4, 0.5) is 10.8 Å². The summed E-state index contributed by atoms with van der Waals surface area (Å²) in [5.41, 5.74) is 2.51. The van der Waals surface area contributed by atoms with Crippen molar-refractivity contribution in [1.29, 1.82) is 0 Å². The highest BCUT2D eigenvalue weighted by Gasteiger charge is 2.29. The van der Waals surface area contributed by atoms with Crippen LogP contribution in [0.15, 0.2) is 58.8 Å². The molecule has 0 radical (unpaired) electrons. The number of aromatic nitrogens is 1. The van der Waals surface area contributed by atoms with Crippen LogP contribution < -0.4 is 10.6 Å². The van der Waals surface area contributed by atoms with Gasteiger partial charge in [0, 0.05) is 32.5 Å². The van der Waals surface area contributed by atoms with Crippen LogP contribution >= 0.6 is 34.7 Å². The van der Waals surface area contributed by atoms with Crippen LogP contribution in [0.1, 0.15) is 12.8 Å². The maximum Gasteiger partial charge on any atom is 0.236 e. The molecule has 0 saturated heterocycles. The van der Waals surface area contributed by atoms with Gasteiger partial charge in [0.1, 0.15) is 0 Å². The molecule has 5 nitrogen and oxygen atoms in total. The lowest BCUT2D eigenvalue weighted by Gasteiger charge is -2.07. The highest BCUT2D eigenvalue weighted by molar-refractivity contribution is 8.00. The van der Waals surface area contributed by atoms with Crippen LogP contribution in [0.5, 0.6) is 0 Å². The molecule has 1 aliphatic rings. The Bertz CT molecular complexity index is 1030. The monoisotopic (exact) mass is 443 g/mol. The Hall–Kier alpha value is -2.35. The minimum atomic E-state index is -0.126. The van der Waals surface area contributed by atoms with Gasteiger partial charge in [-0.25, -0.2) is 4.98 Å². The molecule has 2 amide bonds. The van der Waals surface area contributed by atoms with Crippen molar-refractivity contribution >= 4 is 57.3 Å². The van der Waals surface area contributed by atoms with E-state index in [0.29, 0.717) is 10.2 Å². The van der Waals surface area contributed by atoms with E-state index in [1.807, 2.05) is 53.9 Å². The molecule has 0 bridgehead atoms. The Morgan fingerprint density at radius 2 is 1.93 bits per heavy atom. The van der Waals surface area contributed by atoms with E-state index in [-0.39, 0.29) is 23.5 Å². The number of thioether (sulfide) groups is 1. The number of carbonyl (C=O) groups excluding carboxylic acids is 2. The Morgan fingerprint density at radius 1 is 1.14 bits per heavy atom. The number of nitrogens with one attached hydrogen (secondary N) is 2. The first-order valence-electron chi connectivity index (χ1n) is 9.12. The highest BCUT2D eigenvalue weighted by Crippen LogP contribution is 2.31. The van der Waals surface area contributed by atoms with Gasteiger partial charge in [-0.15, -0.1) is 23.1 Å². The summed E-state index contributed by atoms with van der Waals surface area (Å²) in [6.45, 7) is 0. The van der Waals surface area contributed by atoms with Crippen LogP contribution in [0.25, 0.3) is 11.3 Å². The number of nitrogens with zero attached hydrogens (tertiary/aromatic N) is 1. The summed E-state index contributed by atoms with van der Waals surface area (Å²) in [4.78, 5) is 29.6. The fourth-order valence-electron chi connectivity index (χ4n) is 2.64. The number of amides is 2. The van der Waals surface area contributed by atoms with E-state index in [0.717, 1.165) is 34.7 Å². The van der Waals surface area contributed by atoms with Gasteiger partial charge in [0.05, 0.1) is 11.4 Å². The number of benzene rings is 2. The van der Waals surface area contributed by atoms with Crippen molar-refractivity contribution in [2.45, 2.75) is 17.7 Å². The van der Waals surface area contributed by atoms with Gasteiger partial charge in [0.2, 0.25) is 11.8 Å². The van der Waals surface area contributed by atoms with E-state index in [2.05, 4.69) is 15.6 Å². The zero-order valence-corrected chi connectivity index (χ0v) is 17.7. The van der Waals surface area contributed by atoms with Gasteiger partial charge in [0.15, 0.2) is 5.13 Å². The lowest BCUT2D eigenvalue weighted by atomic mass is 10.2. The average Bonchev–Trinajstić information content (AvgIpc) is 3.47. The molecular formula is C21H18ClN3O2S2. The highest BCUT2D eigenvalue weighted by atomic mass is 35.5. The molecule has 2 N–H and O–H groups in total. The van der Waals surface area contributed by atoms with E-state index in [9.17, 15) is 9.59 Å². The molecule has 1 aromatic heterocycles. The Balaban J connectivity index is 1.30. The number of hydrogen-bond acceptors (Lipinski definition) is 5. The van der Waals surface area contributed by atoms with Gasteiger partial charge >= 0.3 is 0 Å². The van der Waals surface area contributed by atoms with Crippen LogP contribution in [0.2, 0.25) is 5.02 Å². The minimum Gasteiger partial charge on any atom is -0.326 e. The Morgan fingerprint density at radius 3 is 2.69 bits per heavy atom. The molecule has 0 unspecified atom stereocenters. The third-order valence-corrected chi connectivity index (χ3v) is 6.31. The summed E-state index contributed by atoms with van der Waals surface area (Å²) in [5.74, 6) is 0.369. The van der Waals surface area contributed by atoms with E-state index >= 15 is 0 Å². The summed E-state index contributed by atoms with van der Waals surface area (Å²) >= 11 is 8.71. The predicted octanol–water partition coefficient (Wildman–Crippen LogP) is 5.54. The van der Waals surface area contributed by atoms with Gasteiger partial charge in [-0.2, -0.15) is 0 Å². The molecule has 1 heterocycles. The third kappa shape index (κ3) is 5.59. The molecule has 8 heteroatoms. The quantitative estimate of drug-likeness (QED) is 0.470. The fourth-order valence-corrected chi connectivity index (χ4v) is 4.26. The maximum atomic E-state index is 12.3. The molecule has 0 spiro atoms. The van der Waals surface area contributed by atoms with Gasteiger partial charge < -0.3 is 10.6 Å². The van der Waals surface area contributed by atoms with Crippen molar-refractivity contribution < 1.29 is 9.59 Å². The van der Waals surface area contributed by atoms with Crippen LogP contribution in [-0.4, -0.2) is 22.6 Å². The van der Waals surface area contributed by atoms with Crippen LogP contribution in [0.3, 0.4) is 0 Å². The van der Waals surface area contributed by atoms with E-state index in [1.54, 1.807) is 0 Å². The minimum absolute atomic E-state index is 0.0742. The second-order valence-electron chi connectivity index (χ2n) is 6.67. The molecule has 0 aliphatic heterocycles. The normalized spacial score (nSPS) is 13.1. The summed E-state index contributed by atoms with van der Waals surface area (Å²) in [7, 11) is 0. The lowest BCUT2D eigenvalue weighted by molar-refractivity contribution is -0.117. The third-order valence-electron chi connectivity index (χ3n) is 4.31. The largest absolute Gasteiger partial charge is 0.326 e. The number of anilines is 2. The first-order valence-corrected chi connectivity index (χ1v) is 11.4. The molecule has 1 saturated carbocycles. The maximum absolute atomic E-state index is 12.3. The van der Waals surface area contributed by atoms with Crippen molar-refractivity contribution in [3.63, 3.8) is 0 Å². The number of hydrogen-bond donors (Lipinski definition) is 2. The smallest absolute Gasteiger partial charge is 0.236 e. The fraction of sp³-hybridized carbons (Fsp3) is 0.190. The molecular weight excluding hydrogens is 426 g/mol. The first kappa shape index (κ1) is 19.9. The van der Waals surface area contributed by atoms with Gasteiger partial charge in [-0.1, -0.05) is 29.8 Å². The van der Waals surface area contributed by atoms with E-state index in [1.165, 1.54) is 23.1 Å². The molecule has 1 aliphatic carbocycles. The van der Waals surface area contributed by atoms with Gasteiger partial charge in [0.25, 0.3) is 0 Å². The summed E-state index contributed by atoms with van der Waals surface area (Å²) in [6.07, 6.45) is 1.94. The second-order valence-corrected chi connectivity index (χ2v) is 9.02. The van der Waals surface area contributed by atoms with Crippen LogP contribution in [-0.2, 0) is 9.59 Å². The van der Waals surface area contributed by atoms with Gasteiger partial charge in [-0.3, -0.25) is 9.59 Å². The van der Waals surface area contributed by atoms with Gasteiger partial charge in [-0.05, 0) is 43.2 Å². The molecule has 2 aromatic carbocycles. The first-order chi connectivity index (χ1) is 14.1. The summed E-state index contributed by atoms with van der Waals surface area (Å²) in [5, 5.41) is 8.89. The molecule has 4 rings (SSSR count). The van der Waals surface area contributed by atoms with Crippen molar-refractivity contribution in [2.75, 3.05) is 16.4 Å². The second kappa shape index (κ2) is 8.98. The standard InChI is InChI=1S/C21H18ClN3O2S2/c22-15-8-6-13(7-9-15)18-11-29-21(24-18)25-19(26)12-28-17-3-1-2-16(10-17)23-20(27)14-4-5-14/h1-3,6-11,14H,4-5,12H2,(H,23,27)(H,24,25,26). The number of thiazole rings is 1. The molecule has 148 valence electrons. The summed E-state index contributed by atoms with van der Waals surface area (Å²) < 4.78 is 0. The van der Waals surface area contributed by atoms with E-state index < -0.39 is 0 Å². The van der Waals surface area contributed by atoms with Crippen molar-refractivity contribution in [3.8, 4) is 11.3 Å². The molecule has 0 atom stereocenters. The SMILES string of the molecule is O=C(CSc1cccc(NC(=O)C2CC2)c1)Nc1nc(-c2ccc(Cl)cc2)cs1. The Labute approximate surface area is 181 Å². The van der Waals surface area contributed by atoms with Crippen molar-refractivity contribution in [2.24, 2.45) is 5.92 Å². The number of rotatable bonds is 7. The lowest BCUT2D eigenvalue weighted by Crippen LogP contribution is -2.14. The molecule has 29 heavy (non-hydrogen) atoms. The van der Waals surface area contributed by atoms with Crippen molar-refractivity contribution in [3.05, 3.63) is 58.9 Å². The zero-order chi connectivity index (χ0) is 20.2. The summed E-state index contributed by atoms with van der Waals surface area (Å²) in [6, 6.07) is 15.0. The molecule has 3 aromatic rings. The number of carbonyl (C=O) groups is 2. The van der Waals surface area contributed by atoms with Crippen LogP contribution in [0, 0.1) is 5.92 Å². The average molecular weight is 444 g/mol. The topological polar surface area (TPSA) is 71.1 Å². The zero-order valence-electron chi connectivity index (χ0n) is 15.4.